The predicted octanol–water partition coefficient (Wildman–Crippen LogP) is 3.66. The smallest absolute Gasteiger partial charge is 0.326 e. The van der Waals surface area contributed by atoms with Crippen LogP contribution in [0.5, 0.6) is 0 Å². The molecule has 0 saturated heterocycles. The van der Waals surface area contributed by atoms with Gasteiger partial charge in [-0.2, -0.15) is 0 Å². The van der Waals surface area contributed by atoms with Gasteiger partial charge in [0.1, 0.15) is 6.04 Å². The van der Waals surface area contributed by atoms with Crippen LogP contribution in [0.15, 0.2) is 18.2 Å². The molecule has 0 spiro atoms. The van der Waals surface area contributed by atoms with Gasteiger partial charge in [0.25, 0.3) is 0 Å². The fourth-order valence-corrected chi connectivity index (χ4v) is 2.27. The number of rotatable bonds is 5. The van der Waals surface area contributed by atoms with Crippen LogP contribution < -0.4 is 5.32 Å². The molecule has 1 unspecified atom stereocenters. The van der Waals surface area contributed by atoms with Gasteiger partial charge in [0.15, 0.2) is 0 Å². The third kappa shape index (κ3) is 3.79. The SMILES string of the molecule is O=C(O)C(CC1CC1)Nc1cc(Cl)cc(Cl)c1. The third-order valence-corrected chi connectivity index (χ3v) is 3.20. The van der Waals surface area contributed by atoms with Gasteiger partial charge < -0.3 is 10.4 Å². The van der Waals surface area contributed by atoms with E-state index in [4.69, 9.17) is 28.3 Å². The molecule has 0 aliphatic heterocycles. The summed E-state index contributed by atoms with van der Waals surface area (Å²) in [4.78, 5) is 11.1. The van der Waals surface area contributed by atoms with Crippen LogP contribution in [0.25, 0.3) is 0 Å². The Morgan fingerprint density at radius 1 is 1.35 bits per heavy atom. The van der Waals surface area contributed by atoms with Crippen LogP contribution in [-0.4, -0.2) is 17.1 Å². The number of aliphatic carboxylic acids is 1. The van der Waals surface area contributed by atoms with Crippen molar-refractivity contribution in [1.82, 2.24) is 0 Å². The number of benzene rings is 1. The maximum Gasteiger partial charge on any atom is 0.326 e. The highest BCUT2D eigenvalue weighted by atomic mass is 35.5. The zero-order valence-corrected chi connectivity index (χ0v) is 10.6. The van der Waals surface area contributed by atoms with Crippen molar-refractivity contribution in [3.63, 3.8) is 0 Å². The number of halogens is 2. The van der Waals surface area contributed by atoms with E-state index >= 15 is 0 Å². The van der Waals surface area contributed by atoms with E-state index in [1.807, 2.05) is 0 Å². The van der Waals surface area contributed by atoms with Crippen LogP contribution in [-0.2, 0) is 4.79 Å². The van der Waals surface area contributed by atoms with Crippen molar-refractivity contribution >= 4 is 34.9 Å². The van der Waals surface area contributed by atoms with Gasteiger partial charge in [-0.1, -0.05) is 36.0 Å². The van der Waals surface area contributed by atoms with E-state index in [2.05, 4.69) is 5.32 Å². The lowest BCUT2D eigenvalue weighted by molar-refractivity contribution is -0.138. The molecule has 1 aromatic carbocycles. The molecule has 2 rings (SSSR count). The zero-order chi connectivity index (χ0) is 12.4. The van der Waals surface area contributed by atoms with Gasteiger partial charge in [-0.15, -0.1) is 0 Å². The van der Waals surface area contributed by atoms with Crippen LogP contribution >= 0.6 is 23.2 Å². The molecule has 0 bridgehead atoms. The van der Waals surface area contributed by atoms with Gasteiger partial charge in [-0.05, 0) is 30.5 Å². The number of carbonyl (C=O) groups is 1. The monoisotopic (exact) mass is 273 g/mol. The topological polar surface area (TPSA) is 49.3 Å². The van der Waals surface area contributed by atoms with Crippen molar-refractivity contribution in [1.29, 1.82) is 0 Å². The molecule has 92 valence electrons. The number of hydrogen-bond acceptors (Lipinski definition) is 2. The Balaban J connectivity index is 2.07. The van der Waals surface area contributed by atoms with Gasteiger partial charge in [0.2, 0.25) is 0 Å². The lowest BCUT2D eigenvalue weighted by Gasteiger charge is -2.15. The Hall–Kier alpha value is -0.930. The molecule has 17 heavy (non-hydrogen) atoms. The van der Waals surface area contributed by atoms with Gasteiger partial charge >= 0.3 is 5.97 Å². The molecule has 1 atom stereocenters. The second-order valence-corrected chi connectivity index (χ2v) is 5.25. The first-order valence-corrected chi connectivity index (χ1v) is 6.25. The largest absolute Gasteiger partial charge is 0.480 e. The molecule has 0 radical (unpaired) electrons. The molecule has 1 fully saturated rings. The highest BCUT2D eigenvalue weighted by Crippen LogP contribution is 2.34. The van der Waals surface area contributed by atoms with Gasteiger partial charge in [0.05, 0.1) is 0 Å². The van der Waals surface area contributed by atoms with Crippen LogP contribution in [0.1, 0.15) is 19.3 Å². The number of anilines is 1. The fraction of sp³-hybridized carbons (Fsp3) is 0.417. The normalized spacial score (nSPS) is 16.6. The minimum atomic E-state index is -0.840. The summed E-state index contributed by atoms with van der Waals surface area (Å²) in [6.07, 6.45) is 2.91. The Morgan fingerprint density at radius 3 is 2.41 bits per heavy atom. The molecule has 1 aromatic rings. The Morgan fingerprint density at radius 2 is 1.94 bits per heavy atom. The first-order chi connectivity index (χ1) is 8.04. The van der Waals surface area contributed by atoms with E-state index in [1.165, 1.54) is 0 Å². The van der Waals surface area contributed by atoms with E-state index in [0.29, 0.717) is 28.1 Å². The van der Waals surface area contributed by atoms with Crippen molar-refractivity contribution in [2.75, 3.05) is 5.32 Å². The molecule has 1 saturated carbocycles. The maximum absolute atomic E-state index is 11.1. The molecule has 3 nitrogen and oxygen atoms in total. The van der Waals surface area contributed by atoms with E-state index < -0.39 is 12.0 Å². The third-order valence-electron chi connectivity index (χ3n) is 2.77. The molecular weight excluding hydrogens is 261 g/mol. The Kier molecular flexibility index (Phi) is 3.79. The average molecular weight is 274 g/mol. The minimum Gasteiger partial charge on any atom is -0.480 e. The standard InChI is InChI=1S/C12H13Cl2NO2/c13-8-4-9(14)6-10(5-8)15-11(12(16)17)3-7-1-2-7/h4-7,11,15H,1-3H2,(H,16,17). The number of carboxylic acid groups (broad SMARTS) is 1. The summed E-state index contributed by atoms with van der Waals surface area (Å²) in [6, 6.07) is 4.40. The van der Waals surface area contributed by atoms with E-state index in [1.54, 1.807) is 18.2 Å². The second kappa shape index (κ2) is 5.15. The van der Waals surface area contributed by atoms with E-state index in [9.17, 15) is 4.79 Å². The molecule has 0 aromatic heterocycles. The summed E-state index contributed by atoms with van der Waals surface area (Å²) < 4.78 is 0. The second-order valence-electron chi connectivity index (χ2n) is 4.37. The first-order valence-electron chi connectivity index (χ1n) is 5.50. The molecule has 0 heterocycles. The maximum atomic E-state index is 11.1. The van der Waals surface area contributed by atoms with E-state index in [-0.39, 0.29) is 0 Å². The summed E-state index contributed by atoms with van der Waals surface area (Å²) in [6.45, 7) is 0. The Bertz CT molecular complexity index is 412. The van der Waals surface area contributed by atoms with Crippen molar-refractivity contribution in [2.45, 2.75) is 25.3 Å². The van der Waals surface area contributed by atoms with Crippen LogP contribution in [0.3, 0.4) is 0 Å². The summed E-state index contributed by atoms with van der Waals surface area (Å²) in [7, 11) is 0. The summed E-state index contributed by atoms with van der Waals surface area (Å²) in [5.74, 6) is -0.300. The zero-order valence-electron chi connectivity index (χ0n) is 9.12. The number of hydrogen-bond donors (Lipinski definition) is 2. The first kappa shape index (κ1) is 12.5. The minimum absolute atomic E-state index is 0.496. The molecule has 1 aliphatic carbocycles. The van der Waals surface area contributed by atoms with Gasteiger partial charge in [0, 0.05) is 15.7 Å². The van der Waals surface area contributed by atoms with Crippen LogP contribution in [0.2, 0.25) is 10.0 Å². The highest BCUT2D eigenvalue weighted by Gasteiger charge is 2.29. The van der Waals surface area contributed by atoms with Crippen molar-refractivity contribution in [2.24, 2.45) is 5.92 Å². The Labute approximate surface area is 110 Å². The average Bonchev–Trinajstić information content (AvgIpc) is 2.98. The molecule has 1 aliphatic rings. The molecule has 5 heteroatoms. The lowest BCUT2D eigenvalue weighted by atomic mass is 10.1. The molecular formula is C12H13Cl2NO2. The number of nitrogens with one attached hydrogen (secondary N) is 1. The predicted molar refractivity (Wildman–Crippen MR) is 68.8 cm³/mol. The quantitative estimate of drug-likeness (QED) is 0.861. The van der Waals surface area contributed by atoms with E-state index in [0.717, 1.165) is 12.8 Å². The van der Waals surface area contributed by atoms with Crippen LogP contribution in [0, 0.1) is 5.92 Å². The van der Waals surface area contributed by atoms with Crippen LogP contribution in [0.4, 0.5) is 5.69 Å². The van der Waals surface area contributed by atoms with Gasteiger partial charge in [-0.25, -0.2) is 4.79 Å². The molecule has 0 amide bonds. The van der Waals surface area contributed by atoms with Gasteiger partial charge in [-0.3, -0.25) is 0 Å². The highest BCUT2D eigenvalue weighted by molar-refractivity contribution is 6.35. The number of carboxylic acids is 1. The van der Waals surface area contributed by atoms with Crippen molar-refractivity contribution in [3.8, 4) is 0 Å². The van der Waals surface area contributed by atoms with Crippen molar-refractivity contribution in [3.05, 3.63) is 28.2 Å². The summed E-state index contributed by atoms with van der Waals surface area (Å²) in [5.41, 5.74) is 0.649. The summed E-state index contributed by atoms with van der Waals surface area (Å²) >= 11 is 11.7. The van der Waals surface area contributed by atoms with Crippen molar-refractivity contribution < 1.29 is 9.90 Å². The molecule has 2 N–H and O–H groups in total. The lowest BCUT2D eigenvalue weighted by Crippen LogP contribution is -2.29. The fourth-order valence-electron chi connectivity index (χ4n) is 1.75. The summed E-state index contributed by atoms with van der Waals surface area (Å²) in [5, 5.41) is 13.1.